The molecular weight excluding hydrogens is 288 g/mol. The summed E-state index contributed by atoms with van der Waals surface area (Å²) in [5.74, 6) is -0.129. The molecular formula is C15H10N2O5. The summed E-state index contributed by atoms with van der Waals surface area (Å²) in [6.45, 7) is 0. The Labute approximate surface area is 123 Å². The standard InChI is InChI=1S/C15H10N2O5/c18-8-3-4-9(11(6-8)17-15(20)21)10-7-22-12-2-1-5-16-13(12)14(10)19/h1-7,17-18H,(H,20,21). The quantitative estimate of drug-likeness (QED) is 0.670. The van der Waals surface area contributed by atoms with E-state index in [0.717, 1.165) is 0 Å². The number of nitrogens with zero attached hydrogens (tertiary/aromatic N) is 1. The number of nitrogens with one attached hydrogen (secondary N) is 1. The van der Waals surface area contributed by atoms with Crippen LogP contribution < -0.4 is 10.7 Å². The number of hydrogen-bond acceptors (Lipinski definition) is 5. The van der Waals surface area contributed by atoms with E-state index in [0.29, 0.717) is 11.1 Å². The molecule has 0 fully saturated rings. The summed E-state index contributed by atoms with van der Waals surface area (Å²) in [5.41, 5.74) is 0.615. The SMILES string of the molecule is O=C(O)Nc1cc(O)ccc1-c1coc2cccnc2c1=O. The molecule has 3 aromatic rings. The van der Waals surface area contributed by atoms with Gasteiger partial charge in [-0.05, 0) is 24.3 Å². The average molecular weight is 298 g/mol. The second kappa shape index (κ2) is 5.21. The summed E-state index contributed by atoms with van der Waals surface area (Å²) < 4.78 is 5.37. The lowest BCUT2D eigenvalue weighted by Crippen LogP contribution is -2.11. The molecule has 1 aromatic carbocycles. The average Bonchev–Trinajstić information content (AvgIpc) is 2.48. The summed E-state index contributed by atoms with van der Waals surface area (Å²) in [6.07, 6.45) is 1.40. The predicted octanol–water partition coefficient (Wildman–Crippen LogP) is 2.65. The Bertz CT molecular complexity index is 933. The summed E-state index contributed by atoms with van der Waals surface area (Å²) in [5, 5.41) is 20.5. The van der Waals surface area contributed by atoms with Crippen molar-refractivity contribution in [3.05, 3.63) is 53.0 Å². The lowest BCUT2D eigenvalue weighted by Gasteiger charge is -2.09. The number of hydrogen-bond donors (Lipinski definition) is 3. The second-order valence-electron chi connectivity index (χ2n) is 4.49. The van der Waals surface area contributed by atoms with Gasteiger partial charge in [-0.2, -0.15) is 0 Å². The van der Waals surface area contributed by atoms with E-state index in [1.807, 2.05) is 0 Å². The molecule has 0 bridgehead atoms. The monoisotopic (exact) mass is 298 g/mol. The van der Waals surface area contributed by atoms with Crippen LogP contribution in [0.4, 0.5) is 10.5 Å². The Morgan fingerprint density at radius 3 is 2.82 bits per heavy atom. The first kappa shape index (κ1) is 13.6. The van der Waals surface area contributed by atoms with Crippen LogP contribution >= 0.6 is 0 Å². The lowest BCUT2D eigenvalue weighted by atomic mass is 10.0. The molecule has 3 rings (SSSR count). The molecule has 2 heterocycles. The topological polar surface area (TPSA) is 113 Å². The fraction of sp³-hybridized carbons (Fsp3) is 0. The van der Waals surface area contributed by atoms with Crippen LogP contribution in [0.15, 0.2) is 52.0 Å². The van der Waals surface area contributed by atoms with Crippen LogP contribution in [0, 0.1) is 0 Å². The van der Waals surface area contributed by atoms with Gasteiger partial charge in [-0.15, -0.1) is 0 Å². The van der Waals surface area contributed by atoms with Gasteiger partial charge in [-0.3, -0.25) is 10.1 Å². The van der Waals surface area contributed by atoms with Gasteiger partial charge >= 0.3 is 6.09 Å². The number of carboxylic acid groups (broad SMARTS) is 1. The number of aromatic nitrogens is 1. The highest BCUT2D eigenvalue weighted by atomic mass is 16.4. The maximum atomic E-state index is 12.5. The zero-order valence-corrected chi connectivity index (χ0v) is 11.1. The van der Waals surface area contributed by atoms with Crippen molar-refractivity contribution in [3.63, 3.8) is 0 Å². The number of fused-ring (bicyclic) bond motifs is 1. The molecule has 0 radical (unpaired) electrons. The van der Waals surface area contributed by atoms with Crippen molar-refractivity contribution in [2.75, 3.05) is 5.32 Å². The molecule has 0 unspecified atom stereocenters. The van der Waals surface area contributed by atoms with Crippen LogP contribution in [0.3, 0.4) is 0 Å². The second-order valence-corrected chi connectivity index (χ2v) is 4.49. The Hall–Kier alpha value is -3.35. The highest BCUT2D eigenvalue weighted by Gasteiger charge is 2.15. The maximum absolute atomic E-state index is 12.5. The summed E-state index contributed by atoms with van der Waals surface area (Å²) in [7, 11) is 0. The Morgan fingerprint density at radius 1 is 1.23 bits per heavy atom. The smallest absolute Gasteiger partial charge is 0.409 e. The predicted molar refractivity (Wildman–Crippen MR) is 79.0 cm³/mol. The van der Waals surface area contributed by atoms with Crippen molar-refractivity contribution >= 4 is 22.9 Å². The number of amides is 1. The van der Waals surface area contributed by atoms with Gasteiger partial charge in [-0.1, -0.05) is 0 Å². The minimum Gasteiger partial charge on any atom is -0.508 e. The van der Waals surface area contributed by atoms with E-state index in [1.165, 1.54) is 30.7 Å². The minimum absolute atomic E-state index is 0.0788. The van der Waals surface area contributed by atoms with Gasteiger partial charge < -0.3 is 14.6 Å². The first-order chi connectivity index (χ1) is 10.6. The highest BCUT2D eigenvalue weighted by Crippen LogP contribution is 2.30. The molecule has 0 atom stereocenters. The van der Waals surface area contributed by atoms with Crippen LogP contribution in [0.2, 0.25) is 0 Å². The molecule has 110 valence electrons. The van der Waals surface area contributed by atoms with Crippen LogP contribution in [0.25, 0.3) is 22.2 Å². The van der Waals surface area contributed by atoms with Crippen molar-refractivity contribution < 1.29 is 19.4 Å². The number of anilines is 1. The van der Waals surface area contributed by atoms with Gasteiger partial charge in [0.05, 0.1) is 11.3 Å². The largest absolute Gasteiger partial charge is 0.508 e. The van der Waals surface area contributed by atoms with E-state index in [1.54, 1.807) is 12.1 Å². The van der Waals surface area contributed by atoms with Crippen molar-refractivity contribution in [3.8, 4) is 16.9 Å². The normalized spacial score (nSPS) is 10.5. The number of carbonyl (C=O) groups is 1. The van der Waals surface area contributed by atoms with Crippen molar-refractivity contribution in [2.24, 2.45) is 0 Å². The Morgan fingerprint density at radius 2 is 2.05 bits per heavy atom. The summed E-state index contributed by atoms with van der Waals surface area (Å²) >= 11 is 0. The third kappa shape index (κ3) is 2.35. The van der Waals surface area contributed by atoms with Crippen LogP contribution in [0.1, 0.15) is 0 Å². The molecule has 0 spiro atoms. The van der Waals surface area contributed by atoms with Crippen LogP contribution in [0.5, 0.6) is 5.75 Å². The van der Waals surface area contributed by atoms with E-state index in [9.17, 15) is 14.7 Å². The number of rotatable bonds is 2. The van der Waals surface area contributed by atoms with Gasteiger partial charge in [0.1, 0.15) is 12.0 Å². The van der Waals surface area contributed by atoms with E-state index >= 15 is 0 Å². The molecule has 22 heavy (non-hydrogen) atoms. The van der Waals surface area contributed by atoms with Crippen molar-refractivity contribution in [2.45, 2.75) is 0 Å². The molecule has 7 heteroatoms. The van der Waals surface area contributed by atoms with Crippen LogP contribution in [-0.2, 0) is 0 Å². The van der Waals surface area contributed by atoms with Crippen molar-refractivity contribution in [1.29, 1.82) is 0 Å². The molecule has 0 aliphatic carbocycles. The molecule has 0 aliphatic heterocycles. The van der Waals surface area contributed by atoms with Gasteiger partial charge in [0.25, 0.3) is 0 Å². The minimum atomic E-state index is -1.31. The summed E-state index contributed by atoms with van der Waals surface area (Å²) in [4.78, 5) is 27.3. The van der Waals surface area contributed by atoms with E-state index in [-0.39, 0.29) is 27.9 Å². The summed E-state index contributed by atoms with van der Waals surface area (Å²) in [6, 6.07) is 7.25. The molecule has 1 amide bonds. The number of benzene rings is 1. The lowest BCUT2D eigenvalue weighted by molar-refractivity contribution is 0.210. The fourth-order valence-corrected chi connectivity index (χ4v) is 2.13. The number of aromatic hydroxyl groups is 1. The maximum Gasteiger partial charge on any atom is 0.409 e. The van der Waals surface area contributed by atoms with Gasteiger partial charge in [0.15, 0.2) is 11.1 Å². The highest BCUT2D eigenvalue weighted by molar-refractivity contribution is 5.92. The molecule has 3 N–H and O–H groups in total. The first-order valence-corrected chi connectivity index (χ1v) is 6.26. The zero-order valence-electron chi connectivity index (χ0n) is 11.1. The van der Waals surface area contributed by atoms with E-state index < -0.39 is 6.09 Å². The number of phenols is 1. The van der Waals surface area contributed by atoms with Gasteiger partial charge in [0, 0.05) is 17.8 Å². The Kier molecular flexibility index (Phi) is 3.23. The van der Waals surface area contributed by atoms with E-state index in [4.69, 9.17) is 9.52 Å². The number of phenolic OH excluding ortho intramolecular Hbond substituents is 1. The molecule has 0 saturated heterocycles. The molecule has 7 nitrogen and oxygen atoms in total. The van der Waals surface area contributed by atoms with Gasteiger partial charge in [0.2, 0.25) is 5.43 Å². The van der Waals surface area contributed by atoms with Gasteiger partial charge in [-0.25, -0.2) is 9.78 Å². The third-order valence-electron chi connectivity index (χ3n) is 3.07. The van der Waals surface area contributed by atoms with E-state index in [2.05, 4.69) is 10.3 Å². The first-order valence-electron chi connectivity index (χ1n) is 6.26. The van der Waals surface area contributed by atoms with Crippen LogP contribution in [-0.4, -0.2) is 21.3 Å². The number of pyridine rings is 1. The van der Waals surface area contributed by atoms with Crippen molar-refractivity contribution in [1.82, 2.24) is 4.98 Å². The Balaban J connectivity index is 2.25. The molecule has 0 saturated carbocycles. The third-order valence-corrected chi connectivity index (χ3v) is 3.07. The fourth-order valence-electron chi connectivity index (χ4n) is 2.13. The molecule has 0 aliphatic rings. The zero-order chi connectivity index (χ0) is 15.7. The molecule has 2 aromatic heterocycles.